The Balaban J connectivity index is 2.95. The van der Waals surface area contributed by atoms with Crippen molar-refractivity contribution < 1.29 is 9.53 Å². The number of nitrogens with zero attached hydrogens (tertiary/aromatic N) is 2. The van der Waals surface area contributed by atoms with E-state index >= 15 is 0 Å². The van der Waals surface area contributed by atoms with Crippen LogP contribution >= 0.6 is 0 Å². The number of carbonyl (C=O) groups excluding carboxylic acids is 1. The molecule has 1 aromatic carbocycles. The standard InChI is InChI=1S/C15H24N2O2/c1-6-7-8-19-15(18)12-9-13(16(2)3)11-14(10-12)17(4)5/h9-11H,6-8H2,1-5H3. The Morgan fingerprint density at radius 3 is 2.00 bits per heavy atom. The molecule has 1 aromatic rings. The van der Waals surface area contributed by atoms with Gasteiger partial charge in [0.1, 0.15) is 0 Å². The van der Waals surface area contributed by atoms with E-state index in [1.807, 2.05) is 56.2 Å². The van der Waals surface area contributed by atoms with Crippen LogP contribution in [0.1, 0.15) is 30.1 Å². The lowest BCUT2D eigenvalue weighted by Crippen LogP contribution is -2.15. The van der Waals surface area contributed by atoms with Crippen LogP contribution in [0.5, 0.6) is 0 Å². The molecule has 0 N–H and O–H groups in total. The molecule has 0 bridgehead atoms. The smallest absolute Gasteiger partial charge is 0.338 e. The summed E-state index contributed by atoms with van der Waals surface area (Å²) in [5.41, 5.74) is 2.59. The minimum absolute atomic E-state index is 0.250. The van der Waals surface area contributed by atoms with Gasteiger partial charge >= 0.3 is 5.97 Å². The van der Waals surface area contributed by atoms with Crippen molar-refractivity contribution in [3.63, 3.8) is 0 Å². The van der Waals surface area contributed by atoms with Crippen molar-refractivity contribution in [1.82, 2.24) is 0 Å². The summed E-state index contributed by atoms with van der Waals surface area (Å²) >= 11 is 0. The third kappa shape index (κ3) is 4.47. The highest BCUT2D eigenvalue weighted by Crippen LogP contribution is 2.23. The van der Waals surface area contributed by atoms with Crippen LogP contribution < -0.4 is 9.80 Å². The number of unbranched alkanes of at least 4 members (excludes halogenated alkanes) is 1. The third-order valence-corrected chi connectivity index (χ3v) is 2.90. The molecule has 4 nitrogen and oxygen atoms in total. The summed E-state index contributed by atoms with van der Waals surface area (Å²) in [7, 11) is 7.84. The second-order valence-corrected chi connectivity index (χ2v) is 5.02. The van der Waals surface area contributed by atoms with Gasteiger partial charge in [0, 0.05) is 39.6 Å². The first-order chi connectivity index (χ1) is 8.95. The van der Waals surface area contributed by atoms with Gasteiger partial charge in [-0.05, 0) is 24.6 Å². The van der Waals surface area contributed by atoms with E-state index in [1.165, 1.54) is 0 Å². The number of benzene rings is 1. The summed E-state index contributed by atoms with van der Waals surface area (Å²) < 4.78 is 5.26. The van der Waals surface area contributed by atoms with Crippen LogP contribution in [0, 0.1) is 0 Å². The highest BCUT2D eigenvalue weighted by Gasteiger charge is 2.11. The van der Waals surface area contributed by atoms with E-state index in [2.05, 4.69) is 6.92 Å². The molecular weight excluding hydrogens is 240 g/mol. The van der Waals surface area contributed by atoms with Gasteiger partial charge < -0.3 is 14.5 Å². The molecule has 0 saturated carbocycles. The van der Waals surface area contributed by atoms with Crippen molar-refractivity contribution >= 4 is 17.3 Å². The SMILES string of the molecule is CCCCOC(=O)c1cc(N(C)C)cc(N(C)C)c1. The lowest BCUT2D eigenvalue weighted by atomic mass is 10.1. The quantitative estimate of drug-likeness (QED) is 0.584. The normalized spacial score (nSPS) is 10.2. The maximum absolute atomic E-state index is 12.0. The number of anilines is 2. The van der Waals surface area contributed by atoms with Gasteiger partial charge in [0.15, 0.2) is 0 Å². The Kier molecular flexibility index (Phi) is 5.67. The molecule has 0 unspecified atom stereocenters. The van der Waals surface area contributed by atoms with Crippen molar-refractivity contribution in [2.24, 2.45) is 0 Å². The molecule has 0 aliphatic carbocycles. The van der Waals surface area contributed by atoms with Crippen LogP contribution in [0.15, 0.2) is 18.2 Å². The van der Waals surface area contributed by atoms with Gasteiger partial charge in [0.25, 0.3) is 0 Å². The number of esters is 1. The van der Waals surface area contributed by atoms with E-state index in [-0.39, 0.29) is 5.97 Å². The Morgan fingerprint density at radius 1 is 1.05 bits per heavy atom. The Bertz CT molecular complexity index is 402. The van der Waals surface area contributed by atoms with Crippen LogP contribution in [-0.4, -0.2) is 40.8 Å². The Hall–Kier alpha value is -1.71. The summed E-state index contributed by atoms with van der Waals surface area (Å²) in [5.74, 6) is -0.250. The fraction of sp³-hybridized carbons (Fsp3) is 0.533. The van der Waals surface area contributed by atoms with Gasteiger partial charge in [-0.15, -0.1) is 0 Å². The molecule has 0 aliphatic heterocycles. The molecule has 1 rings (SSSR count). The van der Waals surface area contributed by atoms with Crippen molar-refractivity contribution in [3.05, 3.63) is 23.8 Å². The fourth-order valence-electron chi connectivity index (χ4n) is 1.62. The summed E-state index contributed by atoms with van der Waals surface area (Å²) in [6.07, 6.45) is 1.92. The topological polar surface area (TPSA) is 32.8 Å². The first kappa shape index (κ1) is 15.3. The third-order valence-electron chi connectivity index (χ3n) is 2.90. The number of hydrogen-bond donors (Lipinski definition) is 0. The largest absolute Gasteiger partial charge is 0.462 e. The molecule has 0 radical (unpaired) electrons. The number of carbonyl (C=O) groups is 1. The minimum Gasteiger partial charge on any atom is -0.462 e. The van der Waals surface area contributed by atoms with E-state index in [1.54, 1.807) is 0 Å². The number of ether oxygens (including phenoxy) is 1. The average Bonchev–Trinajstić information content (AvgIpc) is 2.38. The highest BCUT2D eigenvalue weighted by molar-refractivity contribution is 5.92. The predicted octanol–water partition coefficient (Wildman–Crippen LogP) is 2.78. The predicted molar refractivity (Wildman–Crippen MR) is 80.3 cm³/mol. The van der Waals surface area contributed by atoms with Gasteiger partial charge in [0.05, 0.1) is 12.2 Å². The van der Waals surface area contributed by atoms with Crippen molar-refractivity contribution in [3.8, 4) is 0 Å². The lowest BCUT2D eigenvalue weighted by Gasteiger charge is -2.19. The second-order valence-electron chi connectivity index (χ2n) is 5.02. The molecule has 0 spiro atoms. The van der Waals surface area contributed by atoms with Crippen LogP contribution in [-0.2, 0) is 4.74 Å². The van der Waals surface area contributed by atoms with Crippen LogP contribution in [0.4, 0.5) is 11.4 Å². The summed E-state index contributed by atoms with van der Waals surface area (Å²) in [6.45, 7) is 2.56. The molecule has 0 aromatic heterocycles. The zero-order chi connectivity index (χ0) is 14.4. The molecule has 4 heteroatoms. The minimum atomic E-state index is -0.250. The summed E-state index contributed by atoms with van der Waals surface area (Å²) in [6, 6.07) is 5.77. The van der Waals surface area contributed by atoms with Crippen LogP contribution in [0.25, 0.3) is 0 Å². The molecule has 106 valence electrons. The van der Waals surface area contributed by atoms with Gasteiger partial charge in [-0.2, -0.15) is 0 Å². The average molecular weight is 264 g/mol. The van der Waals surface area contributed by atoms with E-state index in [0.717, 1.165) is 24.2 Å². The van der Waals surface area contributed by atoms with Crippen molar-refractivity contribution in [1.29, 1.82) is 0 Å². The van der Waals surface area contributed by atoms with Gasteiger partial charge in [-0.25, -0.2) is 4.79 Å². The van der Waals surface area contributed by atoms with Gasteiger partial charge in [-0.3, -0.25) is 0 Å². The first-order valence-corrected chi connectivity index (χ1v) is 6.62. The zero-order valence-corrected chi connectivity index (χ0v) is 12.6. The molecule has 0 amide bonds. The summed E-state index contributed by atoms with van der Waals surface area (Å²) in [4.78, 5) is 16.0. The molecule has 19 heavy (non-hydrogen) atoms. The van der Waals surface area contributed by atoms with E-state index < -0.39 is 0 Å². The molecule has 0 saturated heterocycles. The molecule has 0 aliphatic rings. The van der Waals surface area contributed by atoms with E-state index in [0.29, 0.717) is 12.2 Å². The van der Waals surface area contributed by atoms with E-state index in [4.69, 9.17) is 4.74 Å². The monoisotopic (exact) mass is 264 g/mol. The van der Waals surface area contributed by atoms with Crippen molar-refractivity contribution in [2.75, 3.05) is 44.6 Å². The Labute approximate surface area is 116 Å². The van der Waals surface area contributed by atoms with Gasteiger partial charge in [-0.1, -0.05) is 13.3 Å². The molecule has 0 fully saturated rings. The second kappa shape index (κ2) is 7.02. The zero-order valence-electron chi connectivity index (χ0n) is 12.6. The highest BCUT2D eigenvalue weighted by atomic mass is 16.5. The molecule has 0 atom stereocenters. The first-order valence-electron chi connectivity index (χ1n) is 6.62. The fourth-order valence-corrected chi connectivity index (χ4v) is 1.62. The van der Waals surface area contributed by atoms with Crippen LogP contribution in [0.2, 0.25) is 0 Å². The van der Waals surface area contributed by atoms with Crippen molar-refractivity contribution in [2.45, 2.75) is 19.8 Å². The van der Waals surface area contributed by atoms with E-state index in [9.17, 15) is 4.79 Å². The van der Waals surface area contributed by atoms with Crippen LogP contribution in [0.3, 0.4) is 0 Å². The number of hydrogen-bond acceptors (Lipinski definition) is 4. The molecule has 0 heterocycles. The maximum atomic E-state index is 12.0. The van der Waals surface area contributed by atoms with Gasteiger partial charge in [0.2, 0.25) is 0 Å². The lowest BCUT2D eigenvalue weighted by molar-refractivity contribution is 0.0500. The summed E-state index contributed by atoms with van der Waals surface area (Å²) in [5, 5.41) is 0. The Morgan fingerprint density at radius 2 is 1.58 bits per heavy atom. The molecular formula is C15H24N2O2. The maximum Gasteiger partial charge on any atom is 0.338 e. The number of rotatable bonds is 6.